The number of carbonyl (C=O) groups is 13. The molecule has 0 spiro atoms. The van der Waals surface area contributed by atoms with Crippen LogP contribution >= 0.6 is 11.6 Å². The SMILES string of the molecule is CCCC[C@H](NC(=O)[C@@H]1CCCN1C(=O)[C@@H](NC(=O)[C@H](CO)NC(=O)[C@H](CC(=O)O)NC(=O)[C@@H]1CCCN1C(=O)[C@H](Cc1ccc(O)cc1)NC(=O)[C@H](C)NC(=O)[C@H](CO)NC(=O)COc1ccc(F)c(Cl)c1)C(C)C)C(=O)N[C@@H](CCO)C(=O)N[C@@H](CO)C(N)=O. The van der Waals surface area contributed by atoms with Gasteiger partial charge in [0.1, 0.15) is 83.8 Å². The lowest BCUT2D eigenvalue weighted by atomic mass is 10.0. The molecule has 0 radical (unpaired) electrons. The quantitative estimate of drug-likeness (QED) is 0.0305. The fourth-order valence-electron chi connectivity index (χ4n) is 9.85. The molecule has 12 amide bonds. The van der Waals surface area contributed by atoms with Crippen molar-refractivity contribution in [3.63, 3.8) is 0 Å². The first-order chi connectivity index (χ1) is 43.6. The molecule has 2 aliphatic rings. The number of hydrogen-bond donors (Lipinski definition) is 16. The first kappa shape index (κ1) is 75.7. The highest BCUT2D eigenvalue weighted by Crippen LogP contribution is 2.24. The summed E-state index contributed by atoms with van der Waals surface area (Å²) in [6, 6.07) is -7.82. The number of amides is 12. The van der Waals surface area contributed by atoms with Crippen LogP contribution in [0, 0.1) is 11.7 Å². The van der Waals surface area contributed by atoms with Crippen molar-refractivity contribution in [2.75, 3.05) is 46.1 Å². The molecule has 0 aromatic heterocycles. The summed E-state index contributed by atoms with van der Waals surface area (Å²) in [5, 5.41) is 80.3. The lowest BCUT2D eigenvalue weighted by Gasteiger charge is -2.32. The molecule has 11 atom stereocenters. The number of benzene rings is 2. The fraction of sp³-hybridized carbons (Fsp3) is 0.569. The monoisotopic (exact) mass is 1320 g/mol. The minimum absolute atomic E-state index is 0.00789. The normalized spacial score (nSPS) is 17.4. The van der Waals surface area contributed by atoms with E-state index in [4.69, 9.17) is 22.1 Å². The van der Waals surface area contributed by atoms with Crippen molar-refractivity contribution in [3.05, 3.63) is 58.9 Å². The van der Waals surface area contributed by atoms with Gasteiger partial charge in [0.05, 0.1) is 31.3 Å². The molecule has 0 bridgehead atoms. The Kier molecular flexibility index (Phi) is 30.4. The summed E-state index contributed by atoms with van der Waals surface area (Å²) in [4.78, 5) is 177. The number of nitrogens with zero attached hydrogens (tertiary/aromatic N) is 2. The minimum atomic E-state index is -1.96. The highest BCUT2D eigenvalue weighted by Gasteiger charge is 2.43. The van der Waals surface area contributed by atoms with E-state index in [1.54, 1.807) is 13.8 Å². The molecule has 2 fully saturated rings. The number of phenols is 1. The second kappa shape index (κ2) is 36.9. The first-order valence-corrected chi connectivity index (χ1v) is 30.1. The Balaban J connectivity index is 1.45. The van der Waals surface area contributed by atoms with E-state index in [9.17, 15) is 97.4 Å². The number of unbranched alkanes of at least 4 members (excludes halogenated alkanes) is 1. The van der Waals surface area contributed by atoms with Crippen molar-refractivity contribution in [3.8, 4) is 11.5 Å². The maximum atomic E-state index is 14.5. The number of phenolic OH excluding ortho intramolecular Hbond substituents is 1. The van der Waals surface area contributed by atoms with E-state index in [2.05, 4.69) is 47.9 Å². The largest absolute Gasteiger partial charge is 0.508 e. The number of rotatable bonds is 36. The van der Waals surface area contributed by atoms with Gasteiger partial charge in [-0.15, -0.1) is 0 Å². The van der Waals surface area contributed by atoms with Gasteiger partial charge < -0.3 is 98.8 Å². The molecular weight excluding hydrogens is 1240 g/mol. The number of carboxylic acids is 1. The second-order valence-electron chi connectivity index (χ2n) is 22.3. The number of hydrogen-bond acceptors (Lipinski definition) is 19. The van der Waals surface area contributed by atoms with Gasteiger partial charge in [-0.2, -0.15) is 0 Å². The third-order valence-corrected chi connectivity index (χ3v) is 15.2. The van der Waals surface area contributed by atoms with Crippen molar-refractivity contribution < 1.29 is 102 Å². The van der Waals surface area contributed by atoms with Crippen molar-refractivity contribution in [1.82, 2.24) is 57.7 Å². The predicted molar refractivity (Wildman–Crippen MR) is 320 cm³/mol. The molecular formula is C58H82ClFN12O20. The maximum Gasteiger partial charge on any atom is 0.305 e. The van der Waals surface area contributed by atoms with Crippen LogP contribution in [0.3, 0.4) is 0 Å². The van der Waals surface area contributed by atoms with Crippen LogP contribution in [0.2, 0.25) is 5.02 Å². The van der Waals surface area contributed by atoms with Crippen LogP contribution in [0.1, 0.15) is 91.0 Å². The van der Waals surface area contributed by atoms with E-state index in [1.807, 2.05) is 6.92 Å². The van der Waals surface area contributed by atoms with Crippen LogP contribution in [-0.4, -0.2) is 230 Å². The van der Waals surface area contributed by atoms with E-state index in [-0.39, 0.29) is 68.1 Å². The molecule has 2 aromatic carbocycles. The Morgan fingerprint density at radius 3 is 1.65 bits per heavy atom. The maximum absolute atomic E-state index is 14.5. The molecule has 17 N–H and O–H groups in total. The van der Waals surface area contributed by atoms with E-state index in [0.29, 0.717) is 24.8 Å². The zero-order valence-corrected chi connectivity index (χ0v) is 51.9. The highest BCUT2D eigenvalue weighted by atomic mass is 35.5. The van der Waals surface area contributed by atoms with E-state index < -0.39 is 195 Å². The topological polar surface area (TPSA) is 493 Å². The Bertz CT molecular complexity index is 2970. The summed E-state index contributed by atoms with van der Waals surface area (Å²) < 4.78 is 18.8. The number of carboxylic acid groups (broad SMARTS) is 1. The number of aromatic hydroxyl groups is 1. The van der Waals surface area contributed by atoms with Crippen LogP contribution in [-0.2, 0) is 68.7 Å². The molecule has 4 rings (SSSR count). The number of aliphatic hydroxyl groups excluding tert-OH is 4. The minimum Gasteiger partial charge on any atom is -0.508 e. The van der Waals surface area contributed by atoms with Crippen molar-refractivity contribution in [2.24, 2.45) is 11.7 Å². The van der Waals surface area contributed by atoms with Gasteiger partial charge in [0.25, 0.3) is 5.91 Å². The summed E-state index contributed by atoms with van der Waals surface area (Å²) >= 11 is 5.74. The van der Waals surface area contributed by atoms with Gasteiger partial charge in [0.15, 0.2) is 6.61 Å². The van der Waals surface area contributed by atoms with Crippen LogP contribution in [0.25, 0.3) is 0 Å². The zero-order chi connectivity index (χ0) is 68.5. The number of nitrogens with one attached hydrogen (secondary N) is 9. The van der Waals surface area contributed by atoms with Crippen LogP contribution in [0.4, 0.5) is 4.39 Å². The van der Waals surface area contributed by atoms with Crippen molar-refractivity contribution in [2.45, 2.75) is 158 Å². The smallest absolute Gasteiger partial charge is 0.305 e. The number of nitrogens with two attached hydrogens (primary N) is 1. The number of aliphatic carboxylic acids is 1. The van der Waals surface area contributed by atoms with Crippen molar-refractivity contribution >= 4 is 88.5 Å². The van der Waals surface area contributed by atoms with Crippen molar-refractivity contribution in [1.29, 1.82) is 0 Å². The van der Waals surface area contributed by atoms with Crippen LogP contribution < -0.4 is 58.3 Å². The fourth-order valence-corrected chi connectivity index (χ4v) is 10.0. The van der Waals surface area contributed by atoms with E-state index in [1.165, 1.54) is 42.2 Å². The third kappa shape index (κ3) is 22.6. The molecule has 34 heteroatoms. The van der Waals surface area contributed by atoms with Gasteiger partial charge in [0, 0.05) is 32.2 Å². The molecule has 2 heterocycles. The van der Waals surface area contributed by atoms with Crippen LogP contribution in [0.15, 0.2) is 42.5 Å². The predicted octanol–water partition coefficient (Wildman–Crippen LogP) is -4.66. The third-order valence-electron chi connectivity index (χ3n) is 14.9. The zero-order valence-electron chi connectivity index (χ0n) is 51.1. The molecule has 92 heavy (non-hydrogen) atoms. The standard InChI is InChI=1S/C58H82ClFN12O20/c1-5-6-9-36(50(83)64-37(18-21-73)51(84)68-40(25-74)48(61)81)65-55(88)44-11-8-20-72(44)58(91)47(29(2)3)70-54(87)42(27-76)69-52(85)38(24-46(79)80)66-56(89)43-10-7-19-71(43)57(90)39(22-31-12-14-32(77)15-13-31)67-49(82)30(4)62-53(86)41(26-75)63-45(78)28-92-33-16-17-35(60)34(59)23-33/h12-17,23,29-30,36-44,47,73-77H,5-11,18-22,24-28H2,1-4H3,(H2,61,81)(H,62,86)(H,63,78)(H,64,83)(H,65,88)(H,66,89)(H,67,82)(H,68,84)(H,69,85)(H,70,87)(H,79,80)/t30-,36-,37-,38-,39-,40-,41-,42-,43-,44-,47-/m0/s1. The summed E-state index contributed by atoms with van der Waals surface area (Å²) in [5.74, 6) is -14.8. The summed E-state index contributed by atoms with van der Waals surface area (Å²) in [7, 11) is 0. The number of primary amides is 1. The molecule has 2 saturated heterocycles. The Hall–Kier alpha value is -8.79. The number of carbonyl (C=O) groups excluding carboxylic acids is 12. The molecule has 508 valence electrons. The Morgan fingerprint density at radius 2 is 1.12 bits per heavy atom. The Labute approximate surface area is 533 Å². The van der Waals surface area contributed by atoms with E-state index in [0.717, 1.165) is 17.0 Å². The molecule has 0 saturated carbocycles. The number of ether oxygens (including phenoxy) is 1. The van der Waals surface area contributed by atoms with Gasteiger partial charge >= 0.3 is 5.97 Å². The molecule has 0 unspecified atom stereocenters. The Morgan fingerprint density at radius 1 is 0.620 bits per heavy atom. The highest BCUT2D eigenvalue weighted by molar-refractivity contribution is 6.30. The van der Waals surface area contributed by atoms with Crippen LogP contribution in [0.5, 0.6) is 11.5 Å². The molecule has 0 aliphatic carbocycles. The lowest BCUT2D eigenvalue weighted by Crippen LogP contribution is -2.61. The number of likely N-dealkylation sites (tertiary alicyclic amines) is 2. The molecule has 2 aliphatic heterocycles. The van der Waals surface area contributed by atoms with Gasteiger partial charge in [-0.1, -0.05) is 57.3 Å². The van der Waals surface area contributed by atoms with Gasteiger partial charge in [-0.3, -0.25) is 62.3 Å². The van der Waals surface area contributed by atoms with Gasteiger partial charge in [0.2, 0.25) is 65.0 Å². The molecule has 32 nitrogen and oxygen atoms in total. The lowest BCUT2D eigenvalue weighted by molar-refractivity contribution is -0.145. The first-order valence-electron chi connectivity index (χ1n) is 29.7. The summed E-state index contributed by atoms with van der Waals surface area (Å²) in [6.45, 7) is 1.85. The van der Waals surface area contributed by atoms with Gasteiger partial charge in [-0.25, -0.2) is 4.39 Å². The average molecular weight is 1320 g/mol. The average Bonchev–Trinajstić information content (AvgIpc) is 1.62. The summed E-state index contributed by atoms with van der Waals surface area (Å²) in [6.07, 6.45) is -0.0845. The molecule has 2 aromatic rings. The second-order valence-corrected chi connectivity index (χ2v) is 22.7. The van der Waals surface area contributed by atoms with Gasteiger partial charge in [-0.05, 0) is 81.2 Å². The number of aliphatic hydroxyl groups is 4. The van der Waals surface area contributed by atoms with E-state index >= 15 is 0 Å². The summed E-state index contributed by atoms with van der Waals surface area (Å²) in [5.41, 5.74) is 5.60. The number of halogens is 2.